The minimum absolute atomic E-state index is 0.0828. The van der Waals surface area contributed by atoms with E-state index in [4.69, 9.17) is 0 Å². The molecule has 5 heteroatoms. The fraction of sp³-hybridized carbons (Fsp3) is 0.500. The Balaban J connectivity index is 2.96. The summed E-state index contributed by atoms with van der Waals surface area (Å²) in [5.74, 6) is -0.575. The summed E-state index contributed by atoms with van der Waals surface area (Å²) in [5, 5.41) is 43.5. The number of hydrogen-bond acceptors (Lipinski definition) is 4. The number of aryl methyl sites for hydroxylation is 2. The van der Waals surface area contributed by atoms with Gasteiger partial charge in [0.15, 0.2) is 0 Å². The maximum atomic E-state index is 11.2. The van der Waals surface area contributed by atoms with E-state index in [1.54, 1.807) is 0 Å². The molecule has 162 valence electrons. The molecule has 0 aliphatic rings. The van der Waals surface area contributed by atoms with Gasteiger partial charge < -0.3 is 20.4 Å². The van der Waals surface area contributed by atoms with Crippen LogP contribution in [0, 0.1) is 13.8 Å². The van der Waals surface area contributed by atoms with E-state index in [-0.39, 0.29) is 34.2 Å². The van der Waals surface area contributed by atoms with Gasteiger partial charge >= 0.3 is 0 Å². The van der Waals surface area contributed by atoms with Crippen LogP contribution in [0.2, 0.25) is 0 Å². The lowest BCUT2D eigenvalue weighted by Gasteiger charge is -2.40. The number of aliphatic hydroxyl groups excluding tert-OH is 2. The summed E-state index contributed by atoms with van der Waals surface area (Å²) in [6, 6.07) is 7.53. The van der Waals surface area contributed by atoms with E-state index >= 15 is 0 Å². The van der Waals surface area contributed by atoms with Gasteiger partial charge in [-0.3, -0.25) is 0 Å². The maximum absolute atomic E-state index is 11.2. The normalized spacial score (nSPS) is 13.6. The monoisotopic (exact) mass is 420 g/mol. The van der Waals surface area contributed by atoms with Crippen molar-refractivity contribution in [2.75, 3.05) is 11.9 Å². The Labute approximate surface area is 176 Å². The van der Waals surface area contributed by atoms with Gasteiger partial charge in [0.05, 0.1) is 11.9 Å². The first-order chi connectivity index (χ1) is 13.2. The quantitative estimate of drug-likeness (QED) is 0.531. The number of hydrogen-bond donors (Lipinski definition) is 4. The fourth-order valence-electron chi connectivity index (χ4n) is 3.67. The van der Waals surface area contributed by atoms with Gasteiger partial charge in [0.1, 0.15) is 11.5 Å². The molecule has 0 aromatic heterocycles. The van der Waals surface area contributed by atoms with E-state index in [0.717, 1.165) is 22.3 Å². The second-order valence-corrected chi connectivity index (χ2v) is 13.1. The van der Waals surface area contributed by atoms with Crippen LogP contribution in [0.25, 0.3) is 0 Å². The molecular formula is C24H36O4S. The number of rotatable bonds is 4. The highest BCUT2D eigenvalue weighted by molar-refractivity contribution is 8.33. The summed E-state index contributed by atoms with van der Waals surface area (Å²) < 4.78 is 0. The first-order valence-corrected chi connectivity index (χ1v) is 11.8. The van der Waals surface area contributed by atoms with Crippen molar-refractivity contribution in [1.82, 2.24) is 0 Å². The molecule has 2 aromatic rings. The van der Waals surface area contributed by atoms with E-state index in [2.05, 4.69) is 0 Å². The smallest absolute Gasteiger partial charge is 0.131 e. The maximum Gasteiger partial charge on any atom is 0.131 e. The molecule has 4 nitrogen and oxygen atoms in total. The van der Waals surface area contributed by atoms with Crippen molar-refractivity contribution in [1.29, 1.82) is 0 Å². The van der Waals surface area contributed by atoms with Crippen LogP contribution in [0.3, 0.4) is 0 Å². The van der Waals surface area contributed by atoms with Crippen molar-refractivity contribution < 1.29 is 20.4 Å². The molecule has 29 heavy (non-hydrogen) atoms. The van der Waals surface area contributed by atoms with Gasteiger partial charge in [-0.25, -0.2) is 0 Å². The minimum atomic E-state index is -2.49. The molecule has 0 bridgehead atoms. The third-order valence-electron chi connectivity index (χ3n) is 5.34. The number of aliphatic hydroxyl groups is 2. The van der Waals surface area contributed by atoms with Crippen LogP contribution in [0.1, 0.15) is 63.8 Å². The average molecular weight is 421 g/mol. The van der Waals surface area contributed by atoms with Crippen LogP contribution in [0.5, 0.6) is 11.5 Å². The molecule has 0 heterocycles. The molecule has 4 N–H and O–H groups in total. The van der Waals surface area contributed by atoms with Crippen molar-refractivity contribution in [3.63, 3.8) is 0 Å². The molecule has 0 amide bonds. The molecule has 0 unspecified atom stereocenters. The molecule has 0 spiro atoms. The number of benzene rings is 2. The Bertz CT molecular complexity index is 829. The summed E-state index contributed by atoms with van der Waals surface area (Å²) in [6.45, 7) is 16.0. The average Bonchev–Trinajstić information content (AvgIpc) is 2.59. The highest BCUT2D eigenvalue weighted by Crippen LogP contribution is 2.67. The Morgan fingerprint density at radius 3 is 1.21 bits per heavy atom. The molecule has 2 rings (SSSR count). The molecule has 0 radical (unpaired) electrons. The molecule has 0 saturated carbocycles. The van der Waals surface area contributed by atoms with Gasteiger partial charge in [0, 0.05) is 20.9 Å². The van der Waals surface area contributed by atoms with E-state index in [9.17, 15) is 20.4 Å². The van der Waals surface area contributed by atoms with Crippen LogP contribution in [-0.2, 0) is 10.8 Å². The van der Waals surface area contributed by atoms with Gasteiger partial charge in [-0.05, 0) is 47.9 Å². The molecular weight excluding hydrogens is 384 g/mol. The summed E-state index contributed by atoms with van der Waals surface area (Å²) in [6.07, 6.45) is 0. The van der Waals surface area contributed by atoms with E-state index in [0.29, 0.717) is 9.79 Å². The van der Waals surface area contributed by atoms with Crippen molar-refractivity contribution in [3.05, 3.63) is 46.5 Å². The van der Waals surface area contributed by atoms with Crippen molar-refractivity contribution in [3.8, 4) is 11.5 Å². The van der Waals surface area contributed by atoms with Crippen LogP contribution in [0.4, 0.5) is 0 Å². The van der Waals surface area contributed by atoms with Gasteiger partial charge in [-0.1, -0.05) is 53.7 Å². The van der Waals surface area contributed by atoms with E-state index in [1.165, 1.54) is 0 Å². The lowest BCUT2D eigenvalue weighted by molar-refractivity contribution is 0.341. The predicted molar refractivity (Wildman–Crippen MR) is 121 cm³/mol. The second-order valence-electron chi connectivity index (χ2n) is 9.96. The van der Waals surface area contributed by atoms with Crippen LogP contribution < -0.4 is 0 Å². The third kappa shape index (κ3) is 4.27. The Kier molecular flexibility index (Phi) is 6.39. The van der Waals surface area contributed by atoms with Crippen molar-refractivity contribution in [2.45, 2.75) is 76.0 Å². The first kappa shape index (κ1) is 23.6. The van der Waals surface area contributed by atoms with Crippen LogP contribution in [-0.4, -0.2) is 32.3 Å². The number of phenolic OH excluding ortho intramolecular Hbond substituents is 2. The predicted octanol–water partition coefficient (Wildman–Crippen LogP) is 5.43. The molecule has 2 aromatic carbocycles. The number of phenols is 2. The molecule has 0 fully saturated rings. The van der Waals surface area contributed by atoms with E-state index < -0.39 is 10.0 Å². The Morgan fingerprint density at radius 2 is 0.966 bits per heavy atom. The molecule has 0 aliphatic carbocycles. The summed E-state index contributed by atoms with van der Waals surface area (Å²) in [7, 11) is -2.49. The lowest BCUT2D eigenvalue weighted by Crippen LogP contribution is -2.18. The third-order valence-corrected chi connectivity index (χ3v) is 8.53. The SMILES string of the molecule is Cc1cc(C(C)(C)C)c(O)c(S(CO)(CO)c2cc(C)cc(C(C)(C)C)c2O)c1. The minimum Gasteiger partial charge on any atom is -0.507 e. The molecule has 0 atom stereocenters. The summed E-state index contributed by atoms with van der Waals surface area (Å²) in [4.78, 5) is 1.02. The standard InChI is InChI=1S/C24H36O4S/c1-15-9-17(23(3,4)5)21(27)19(11-15)29(13-25,14-26)20-12-16(2)10-18(22(20)28)24(6,7)8/h9-12,25-28H,13-14H2,1-8H3. The van der Waals surface area contributed by atoms with Gasteiger partial charge in [-0.15, -0.1) is 10.0 Å². The summed E-state index contributed by atoms with van der Waals surface area (Å²) >= 11 is 0. The van der Waals surface area contributed by atoms with Crippen LogP contribution >= 0.6 is 10.0 Å². The molecule has 0 aliphatic heterocycles. The Morgan fingerprint density at radius 1 is 0.655 bits per heavy atom. The van der Waals surface area contributed by atoms with Gasteiger partial charge in [0.25, 0.3) is 0 Å². The van der Waals surface area contributed by atoms with Crippen molar-refractivity contribution in [2.24, 2.45) is 0 Å². The zero-order chi connectivity index (χ0) is 22.4. The lowest BCUT2D eigenvalue weighted by atomic mass is 9.85. The number of aromatic hydroxyl groups is 2. The highest BCUT2D eigenvalue weighted by atomic mass is 32.3. The zero-order valence-electron chi connectivity index (χ0n) is 18.9. The fourth-order valence-corrected chi connectivity index (χ4v) is 6.33. The topological polar surface area (TPSA) is 80.9 Å². The van der Waals surface area contributed by atoms with Gasteiger partial charge in [0.2, 0.25) is 0 Å². The summed E-state index contributed by atoms with van der Waals surface area (Å²) in [5.41, 5.74) is 2.76. The van der Waals surface area contributed by atoms with Crippen LogP contribution in [0.15, 0.2) is 34.1 Å². The highest BCUT2D eigenvalue weighted by Gasteiger charge is 2.37. The largest absolute Gasteiger partial charge is 0.507 e. The van der Waals surface area contributed by atoms with Gasteiger partial charge in [-0.2, -0.15) is 0 Å². The Hall–Kier alpha value is -1.69. The first-order valence-electron chi connectivity index (χ1n) is 9.87. The second kappa shape index (κ2) is 7.86. The zero-order valence-corrected chi connectivity index (χ0v) is 19.7. The van der Waals surface area contributed by atoms with Crippen molar-refractivity contribution >= 4 is 10.0 Å². The molecule has 0 saturated heterocycles. The van der Waals surface area contributed by atoms with E-state index in [1.807, 2.05) is 79.7 Å².